The molecule has 1 heterocycles. The molecule has 15 heavy (non-hydrogen) atoms. The van der Waals surface area contributed by atoms with E-state index in [9.17, 15) is 4.39 Å². The normalized spacial score (nSPS) is 19.9. The molecule has 0 N–H and O–H groups in total. The lowest BCUT2D eigenvalue weighted by atomic mass is 9.84. The number of fused-ring (bicyclic) bond motifs is 1. The van der Waals surface area contributed by atoms with Crippen LogP contribution in [0.5, 0.6) is 5.75 Å². The molecule has 0 amide bonds. The minimum absolute atomic E-state index is 0.185. The molecule has 1 aromatic carbocycles. The summed E-state index contributed by atoms with van der Waals surface area (Å²) in [5.74, 6) is 0.961. The highest BCUT2D eigenvalue weighted by Gasteiger charge is 2.28. The smallest absolute Gasteiger partial charge is 0.148 e. The van der Waals surface area contributed by atoms with E-state index in [1.54, 1.807) is 12.1 Å². The van der Waals surface area contributed by atoms with Crippen LogP contribution in [0.1, 0.15) is 31.7 Å². The van der Waals surface area contributed by atoms with E-state index in [0.717, 1.165) is 6.42 Å². The van der Waals surface area contributed by atoms with E-state index in [4.69, 9.17) is 16.3 Å². The summed E-state index contributed by atoms with van der Waals surface area (Å²) < 4.78 is 19.3. The summed E-state index contributed by atoms with van der Waals surface area (Å²) in [5.41, 5.74) is 0.656. The molecular formula is C12H14ClFO. The van der Waals surface area contributed by atoms with Gasteiger partial charge in [-0.05, 0) is 30.4 Å². The largest absolute Gasteiger partial charge is 0.493 e. The van der Waals surface area contributed by atoms with Crippen LogP contribution in [-0.4, -0.2) is 6.61 Å². The Bertz CT molecular complexity index is 376. The second-order valence-electron chi connectivity index (χ2n) is 4.26. The van der Waals surface area contributed by atoms with Crippen LogP contribution in [0.15, 0.2) is 12.1 Å². The van der Waals surface area contributed by atoms with Crippen molar-refractivity contribution in [1.29, 1.82) is 0 Å². The van der Waals surface area contributed by atoms with Crippen LogP contribution < -0.4 is 4.74 Å². The highest BCUT2D eigenvalue weighted by Crippen LogP contribution is 2.41. The monoisotopic (exact) mass is 228 g/mol. The van der Waals surface area contributed by atoms with E-state index in [1.807, 2.05) is 0 Å². The number of benzene rings is 1. The lowest BCUT2D eigenvalue weighted by Gasteiger charge is -2.29. The molecule has 1 atom stereocenters. The molecule has 0 radical (unpaired) electrons. The first-order valence-corrected chi connectivity index (χ1v) is 5.59. The number of ether oxygens (including phenoxy) is 1. The third kappa shape index (κ3) is 1.83. The highest BCUT2D eigenvalue weighted by molar-refractivity contribution is 6.30. The van der Waals surface area contributed by atoms with Crippen LogP contribution in [0.4, 0.5) is 4.39 Å². The molecule has 1 aliphatic heterocycles. The molecule has 0 aromatic heterocycles. The maximum atomic E-state index is 13.9. The SMILES string of the molecule is CC(C)C1CCOc2ccc(Cl)c(F)c21. The molecule has 2 rings (SSSR count). The number of hydrogen-bond acceptors (Lipinski definition) is 1. The van der Waals surface area contributed by atoms with E-state index < -0.39 is 0 Å². The molecule has 0 spiro atoms. The Kier molecular flexibility index (Phi) is 2.87. The Morgan fingerprint density at radius 3 is 2.87 bits per heavy atom. The summed E-state index contributed by atoms with van der Waals surface area (Å²) in [4.78, 5) is 0. The van der Waals surface area contributed by atoms with Crippen molar-refractivity contribution in [3.05, 3.63) is 28.5 Å². The van der Waals surface area contributed by atoms with Gasteiger partial charge in [0.25, 0.3) is 0 Å². The average Bonchev–Trinajstić information content (AvgIpc) is 2.23. The van der Waals surface area contributed by atoms with Crippen LogP contribution >= 0.6 is 11.6 Å². The molecule has 0 bridgehead atoms. The number of hydrogen-bond donors (Lipinski definition) is 0. The van der Waals surface area contributed by atoms with Gasteiger partial charge in [0.2, 0.25) is 0 Å². The maximum absolute atomic E-state index is 13.9. The molecule has 1 aromatic rings. The van der Waals surface area contributed by atoms with E-state index >= 15 is 0 Å². The quantitative estimate of drug-likeness (QED) is 0.706. The number of rotatable bonds is 1. The fourth-order valence-electron chi connectivity index (χ4n) is 2.13. The van der Waals surface area contributed by atoms with Crippen molar-refractivity contribution < 1.29 is 9.13 Å². The molecule has 0 saturated heterocycles. The second-order valence-corrected chi connectivity index (χ2v) is 4.67. The Morgan fingerprint density at radius 1 is 1.47 bits per heavy atom. The summed E-state index contributed by atoms with van der Waals surface area (Å²) in [6, 6.07) is 3.31. The average molecular weight is 229 g/mol. The Hall–Kier alpha value is -0.760. The fourth-order valence-corrected chi connectivity index (χ4v) is 2.29. The second kappa shape index (κ2) is 4.01. The third-order valence-electron chi connectivity index (χ3n) is 2.95. The van der Waals surface area contributed by atoms with Gasteiger partial charge in [-0.1, -0.05) is 25.4 Å². The minimum atomic E-state index is -0.312. The minimum Gasteiger partial charge on any atom is -0.493 e. The summed E-state index contributed by atoms with van der Waals surface area (Å²) in [6.45, 7) is 4.86. The maximum Gasteiger partial charge on any atom is 0.148 e. The van der Waals surface area contributed by atoms with Crippen molar-refractivity contribution in [2.75, 3.05) is 6.61 Å². The predicted octanol–water partition coefficient (Wildman–Crippen LogP) is 4.00. The molecule has 0 saturated carbocycles. The summed E-state index contributed by atoms with van der Waals surface area (Å²) in [7, 11) is 0. The third-order valence-corrected chi connectivity index (χ3v) is 3.25. The highest BCUT2D eigenvalue weighted by atomic mass is 35.5. The van der Waals surface area contributed by atoms with Gasteiger partial charge in [-0.15, -0.1) is 0 Å². The number of halogens is 2. The summed E-state index contributed by atoms with van der Waals surface area (Å²) in [6.07, 6.45) is 0.863. The van der Waals surface area contributed by atoms with Crippen molar-refractivity contribution in [2.24, 2.45) is 5.92 Å². The predicted molar refractivity (Wildman–Crippen MR) is 59.1 cm³/mol. The lowest BCUT2D eigenvalue weighted by Crippen LogP contribution is -2.19. The molecule has 1 nitrogen and oxygen atoms in total. The molecular weight excluding hydrogens is 215 g/mol. The van der Waals surface area contributed by atoms with Crippen molar-refractivity contribution in [1.82, 2.24) is 0 Å². The molecule has 0 fully saturated rings. The van der Waals surface area contributed by atoms with Gasteiger partial charge in [-0.3, -0.25) is 0 Å². The zero-order chi connectivity index (χ0) is 11.0. The van der Waals surface area contributed by atoms with Crippen molar-refractivity contribution in [3.8, 4) is 5.75 Å². The van der Waals surface area contributed by atoms with Crippen LogP contribution in [0.3, 0.4) is 0 Å². The topological polar surface area (TPSA) is 9.23 Å². The van der Waals surface area contributed by atoms with Crippen molar-refractivity contribution in [2.45, 2.75) is 26.2 Å². The Balaban J connectivity index is 2.53. The van der Waals surface area contributed by atoms with Crippen LogP contribution in [-0.2, 0) is 0 Å². The van der Waals surface area contributed by atoms with Crippen LogP contribution in [0.2, 0.25) is 5.02 Å². The van der Waals surface area contributed by atoms with E-state index in [-0.39, 0.29) is 16.8 Å². The van der Waals surface area contributed by atoms with Crippen LogP contribution in [0.25, 0.3) is 0 Å². The van der Waals surface area contributed by atoms with Crippen LogP contribution in [0, 0.1) is 11.7 Å². The molecule has 3 heteroatoms. The van der Waals surface area contributed by atoms with Gasteiger partial charge in [-0.25, -0.2) is 4.39 Å². The summed E-state index contributed by atoms with van der Waals surface area (Å²) in [5, 5.41) is 0.185. The zero-order valence-electron chi connectivity index (χ0n) is 8.89. The van der Waals surface area contributed by atoms with E-state index in [2.05, 4.69) is 13.8 Å². The molecule has 82 valence electrons. The van der Waals surface area contributed by atoms with Gasteiger partial charge < -0.3 is 4.74 Å². The van der Waals surface area contributed by atoms with Gasteiger partial charge in [0.05, 0.1) is 11.6 Å². The van der Waals surface area contributed by atoms with E-state index in [0.29, 0.717) is 23.8 Å². The zero-order valence-corrected chi connectivity index (χ0v) is 9.64. The molecule has 0 aliphatic carbocycles. The summed E-state index contributed by atoms with van der Waals surface area (Å²) >= 11 is 5.79. The van der Waals surface area contributed by atoms with Crippen molar-refractivity contribution in [3.63, 3.8) is 0 Å². The Morgan fingerprint density at radius 2 is 2.20 bits per heavy atom. The molecule has 1 aliphatic rings. The fraction of sp³-hybridized carbons (Fsp3) is 0.500. The first kappa shape index (κ1) is 10.7. The van der Waals surface area contributed by atoms with Gasteiger partial charge in [0, 0.05) is 5.56 Å². The molecule has 1 unspecified atom stereocenters. The first-order chi connectivity index (χ1) is 7.11. The Labute approximate surface area is 94.2 Å². The standard InChI is InChI=1S/C12H14ClFO/c1-7(2)8-5-6-15-10-4-3-9(13)12(14)11(8)10/h3-4,7-8H,5-6H2,1-2H3. The van der Waals surface area contributed by atoms with Crippen molar-refractivity contribution >= 4 is 11.6 Å². The van der Waals surface area contributed by atoms with Gasteiger partial charge in [0.15, 0.2) is 0 Å². The van der Waals surface area contributed by atoms with Gasteiger partial charge in [-0.2, -0.15) is 0 Å². The van der Waals surface area contributed by atoms with Gasteiger partial charge in [0.1, 0.15) is 11.6 Å². The van der Waals surface area contributed by atoms with E-state index in [1.165, 1.54) is 0 Å². The lowest BCUT2D eigenvalue weighted by molar-refractivity contribution is 0.242. The van der Waals surface area contributed by atoms with Gasteiger partial charge >= 0.3 is 0 Å². The first-order valence-electron chi connectivity index (χ1n) is 5.22.